The van der Waals surface area contributed by atoms with E-state index in [1.807, 2.05) is 20.8 Å². The molecule has 2 heterocycles. The fraction of sp³-hybridized carbons (Fsp3) is 0.538. The molecule has 10 heteroatoms. The minimum absolute atomic E-state index is 0.0160. The number of benzene rings is 1. The molecule has 0 aliphatic carbocycles. The molecule has 0 saturated carbocycles. The number of Topliss-reactive ketones (excluding diaryl/α,β-unsaturated/α-hetero) is 1. The zero-order valence-electron chi connectivity index (χ0n) is 21.1. The standard InChI is InChI=1S/C26H34F2N4O4/c1-5-21(33)18(10-14-7-6-8-29-23(14)34)31-25(36)20(13-26(2,3)4)32-24(35)19-11-15-9-16(27)12-17(28)22(15)30-19/h9,11-12,14,18,20,30H,5-8,10,13H2,1-4H3,(H,29,34)(H,31,36)(H,32,35)/t14-,18-,20-/m0/s1. The molecule has 36 heavy (non-hydrogen) atoms. The van der Waals surface area contributed by atoms with Crippen molar-refractivity contribution in [3.63, 3.8) is 0 Å². The average molecular weight is 505 g/mol. The van der Waals surface area contributed by atoms with Crippen LogP contribution >= 0.6 is 0 Å². The quantitative estimate of drug-likeness (QED) is 0.419. The molecule has 0 spiro atoms. The molecule has 8 nitrogen and oxygen atoms in total. The molecule has 1 aromatic heterocycles. The van der Waals surface area contributed by atoms with Crippen molar-refractivity contribution >= 4 is 34.4 Å². The summed E-state index contributed by atoms with van der Waals surface area (Å²) in [6.45, 7) is 8.00. The van der Waals surface area contributed by atoms with Crippen LogP contribution in [0.4, 0.5) is 8.78 Å². The molecule has 3 amide bonds. The molecule has 1 aromatic carbocycles. The second kappa shape index (κ2) is 11.2. The number of rotatable bonds is 9. The summed E-state index contributed by atoms with van der Waals surface area (Å²) in [5.41, 5.74) is -0.405. The summed E-state index contributed by atoms with van der Waals surface area (Å²) < 4.78 is 27.6. The maximum absolute atomic E-state index is 14.1. The van der Waals surface area contributed by atoms with Gasteiger partial charge in [0.2, 0.25) is 11.8 Å². The third-order valence-corrected chi connectivity index (χ3v) is 6.30. The molecule has 0 bridgehead atoms. The number of hydrogen-bond acceptors (Lipinski definition) is 4. The van der Waals surface area contributed by atoms with Crippen molar-refractivity contribution in [2.75, 3.05) is 6.54 Å². The number of carbonyl (C=O) groups excluding carboxylic acids is 4. The Morgan fingerprint density at radius 1 is 1.11 bits per heavy atom. The molecule has 1 fully saturated rings. The topological polar surface area (TPSA) is 120 Å². The van der Waals surface area contributed by atoms with Crippen LogP contribution in [-0.4, -0.2) is 47.1 Å². The Labute approximate surface area is 209 Å². The van der Waals surface area contributed by atoms with Gasteiger partial charge in [-0.3, -0.25) is 19.2 Å². The number of amides is 3. The lowest BCUT2D eigenvalue weighted by atomic mass is 9.86. The van der Waals surface area contributed by atoms with Crippen LogP contribution in [0.5, 0.6) is 0 Å². The van der Waals surface area contributed by atoms with Crippen molar-refractivity contribution in [3.05, 3.63) is 35.5 Å². The number of hydrogen-bond donors (Lipinski definition) is 4. The number of halogens is 2. The molecule has 3 atom stereocenters. The van der Waals surface area contributed by atoms with E-state index in [2.05, 4.69) is 20.9 Å². The van der Waals surface area contributed by atoms with Crippen LogP contribution in [0.3, 0.4) is 0 Å². The second-order valence-electron chi connectivity index (χ2n) is 10.6. The predicted octanol–water partition coefficient (Wildman–Crippen LogP) is 3.36. The maximum atomic E-state index is 14.1. The Morgan fingerprint density at radius 2 is 1.83 bits per heavy atom. The Hall–Kier alpha value is -3.30. The van der Waals surface area contributed by atoms with Crippen LogP contribution < -0.4 is 16.0 Å². The molecular weight excluding hydrogens is 470 g/mol. The first-order valence-corrected chi connectivity index (χ1v) is 12.3. The maximum Gasteiger partial charge on any atom is 0.268 e. The van der Waals surface area contributed by atoms with Crippen LogP contribution in [0.1, 0.15) is 70.3 Å². The van der Waals surface area contributed by atoms with Gasteiger partial charge in [-0.1, -0.05) is 27.7 Å². The highest BCUT2D eigenvalue weighted by atomic mass is 19.1. The van der Waals surface area contributed by atoms with Gasteiger partial charge in [0.05, 0.1) is 11.6 Å². The van der Waals surface area contributed by atoms with Gasteiger partial charge in [-0.15, -0.1) is 0 Å². The molecule has 1 aliphatic heterocycles. The van der Waals surface area contributed by atoms with Crippen LogP contribution in [0.15, 0.2) is 18.2 Å². The molecule has 196 valence electrons. The molecule has 4 N–H and O–H groups in total. The van der Waals surface area contributed by atoms with E-state index in [0.29, 0.717) is 19.0 Å². The number of ketones is 1. The monoisotopic (exact) mass is 504 g/mol. The molecular formula is C26H34F2N4O4. The highest BCUT2D eigenvalue weighted by Gasteiger charge is 2.33. The van der Waals surface area contributed by atoms with E-state index < -0.39 is 35.5 Å². The van der Waals surface area contributed by atoms with Gasteiger partial charge in [0.15, 0.2) is 5.78 Å². The first-order valence-electron chi connectivity index (χ1n) is 12.3. The number of H-pyrrole nitrogens is 1. The Bertz CT molecular complexity index is 1150. The summed E-state index contributed by atoms with van der Waals surface area (Å²) in [6, 6.07) is 1.27. The van der Waals surface area contributed by atoms with E-state index in [9.17, 15) is 28.0 Å². The van der Waals surface area contributed by atoms with E-state index in [1.165, 1.54) is 6.07 Å². The van der Waals surface area contributed by atoms with E-state index in [0.717, 1.165) is 12.5 Å². The summed E-state index contributed by atoms with van der Waals surface area (Å²) in [4.78, 5) is 53.8. The molecule has 0 unspecified atom stereocenters. The lowest BCUT2D eigenvalue weighted by molar-refractivity contribution is -0.131. The number of piperidine rings is 1. The van der Waals surface area contributed by atoms with Gasteiger partial charge in [0.1, 0.15) is 23.4 Å². The lowest BCUT2D eigenvalue weighted by Crippen LogP contribution is -2.53. The van der Waals surface area contributed by atoms with Gasteiger partial charge < -0.3 is 20.9 Å². The fourth-order valence-corrected chi connectivity index (χ4v) is 4.48. The van der Waals surface area contributed by atoms with Crippen LogP contribution in [0.25, 0.3) is 10.9 Å². The summed E-state index contributed by atoms with van der Waals surface area (Å²) in [5.74, 6) is -3.52. The molecule has 1 saturated heterocycles. The number of nitrogens with one attached hydrogen (secondary N) is 4. The third kappa shape index (κ3) is 6.89. The number of aromatic amines is 1. The number of fused-ring (bicyclic) bond motifs is 1. The van der Waals surface area contributed by atoms with E-state index in [1.54, 1.807) is 6.92 Å². The Kier molecular flexibility index (Phi) is 8.47. The predicted molar refractivity (Wildman–Crippen MR) is 131 cm³/mol. The van der Waals surface area contributed by atoms with Crippen molar-refractivity contribution < 1.29 is 28.0 Å². The van der Waals surface area contributed by atoms with Gasteiger partial charge in [-0.25, -0.2) is 8.78 Å². The normalized spacial score (nSPS) is 17.8. The minimum Gasteiger partial charge on any atom is -0.356 e. The van der Waals surface area contributed by atoms with E-state index in [-0.39, 0.29) is 58.9 Å². The Balaban J connectivity index is 1.79. The molecule has 1 aliphatic rings. The first-order chi connectivity index (χ1) is 16.9. The zero-order valence-corrected chi connectivity index (χ0v) is 21.1. The van der Waals surface area contributed by atoms with Gasteiger partial charge in [-0.2, -0.15) is 0 Å². The highest BCUT2D eigenvalue weighted by molar-refractivity contribution is 6.01. The van der Waals surface area contributed by atoms with Crippen molar-refractivity contribution in [1.29, 1.82) is 0 Å². The van der Waals surface area contributed by atoms with Gasteiger partial charge in [0, 0.05) is 30.3 Å². The van der Waals surface area contributed by atoms with Gasteiger partial charge >= 0.3 is 0 Å². The molecule has 3 rings (SSSR count). The Morgan fingerprint density at radius 3 is 2.47 bits per heavy atom. The summed E-state index contributed by atoms with van der Waals surface area (Å²) in [7, 11) is 0. The lowest BCUT2D eigenvalue weighted by Gasteiger charge is -2.29. The van der Waals surface area contributed by atoms with Crippen molar-refractivity contribution in [1.82, 2.24) is 20.9 Å². The smallest absolute Gasteiger partial charge is 0.268 e. The second-order valence-corrected chi connectivity index (χ2v) is 10.6. The van der Waals surface area contributed by atoms with Gasteiger partial charge in [-0.05, 0) is 43.2 Å². The fourth-order valence-electron chi connectivity index (χ4n) is 4.48. The molecule has 0 radical (unpaired) electrons. The van der Waals surface area contributed by atoms with Crippen molar-refractivity contribution in [2.45, 2.75) is 71.9 Å². The van der Waals surface area contributed by atoms with E-state index in [4.69, 9.17) is 0 Å². The number of aromatic nitrogens is 1. The zero-order chi connectivity index (χ0) is 26.6. The first kappa shape index (κ1) is 27.3. The number of carbonyl (C=O) groups is 4. The van der Waals surface area contributed by atoms with Crippen molar-refractivity contribution in [2.24, 2.45) is 11.3 Å². The minimum atomic E-state index is -1.00. The van der Waals surface area contributed by atoms with Crippen LogP contribution in [-0.2, 0) is 14.4 Å². The van der Waals surface area contributed by atoms with Crippen LogP contribution in [0.2, 0.25) is 0 Å². The summed E-state index contributed by atoms with van der Waals surface area (Å²) in [6.07, 6.45) is 2.06. The summed E-state index contributed by atoms with van der Waals surface area (Å²) in [5, 5.41) is 8.40. The van der Waals surface area contributed by atoms with Crippen molar-refractivity contribution in [3.8, 4) is 0 Å². The highest BCUT2D eigenvalue weighted by Crippen LogP contribution is 2.24. The van der Waals surface area contributed by atoms with E-state index >= 15 is 0 Å². The van der Waals surface area contributed by atoms with Crippen LogP contribution in [0, 0.1) is 23.0 Å². The van der Waals surface area contributed by atoms with Gasteiger partial charge in [0.25, 0.3) is 5.91 Å². The SMILES string of the molecule is CCC(=O)[C@H](C[C@@H]1CCCNC1=O)NC(=O)[C@H](CC(C)(C)C)NC(=O)c1cc2cc(F)cc(F)c2[nH]1. The largest absolute Gasteiger partial charge is 0.356 e. The average Bonchev–Trinajstić information content (AvgIpc) is 3.22. The third-order valence-electron chi connectivity index (χ3n) is 6.30. The summed E-state index contributed by atoms with van der Waals surface area (Å²) >= 11 is 0. The molecule has 2 aromatic rings.